The highest BCUT2D eigenvalue weighted by Gasteiger charge is 2.29. The van der Waals surface area contributed by atoms with Gasteiger partial charge < -0.3 is 16.2 Å². The van der Waals surface area contributed by atoms with Gasteiger partial charge in [-0.05, 0) is 32.0 Å². The molecule has 0 aliphatic heterocycles. The van der Waals surface area contributed by atoms with Crippen LogP contribution >= 0.6 is 11.6 Å². The van der Waals surface area contributed by atoms with Crippen LogP contribution < -0.4 is 11.1 Å². The number of halogens is 1. The Bertz CT molecular complexity index is 472. The number of rotatable bonds is 3. The van der Waals surface area contributed by atoms with Crippen molar-refractivity contribution in [3.05, 3.63) is 28.8 Å². The molecule has 0 saturated heterocycles. The minimum atomic E-state index is -1.34. The molecule has 6 heteroatoms. The van der Waals surface area contributed by atoms with Gasteiger partial charge in [0.15, 0.2) is 0 Å². The summed E-state index contributed by atoms with van der Waals surface area (Å²) < 4.78 is 0. The maximum Gasteiger partial charge on any atom is 0.328 e. The van der Waals surface area contributed by atoms with E-state index >= 15 is 0 Å². The first kappa shape index (κ1) is 13.3. The van der Waals surface area contributed by atoms with E-state index in [-0.39, 0.29) is 10.6 Å². The Morgan fingerprint density at radius 1 is 1.41 bits per heavy atom. The molecule has 4 N–H and O–H groups in total. The quantitative estimate of drug-likeness (QED) is 0.715. The van der Waals surface area contributed by atoms with E-state index in [1.54, 1.807) is 0 Å². The topological polar surface area (TPSA) is 92.4 Å². The highest BCUT2D eigenvalue weighted by molar-refractivity contribution is 6.33. The first-order valence-corrected chi connectivity index (χ1v) is 5.23. The van der Waals surface area contributed by atoms with Gasteiger partial charge in [0, 0.05) is 5.56 Å². The van der Waals surface area contributed by atoms with Gasteiger partial charge in [-0.3, -0.25) is 4.79 Å². The number of nitrogens with one attached hydrogen (secondary N) is 1. The van der Waals surface area contributed by atoms with Crippen LogP contribution in [0.3, 0.4) is 0 Å². The maximum absolute atomic E-state index is 11.8. The second-order valence-electron chi connectivity index (χ2n) is 4.12. The van der Waals surface area contributed by atoms with Crippen molar-refractivity contribution < 1.29 is 14.7 Å². The molecule has 0 radical (unpaired) electrons. The van der Waals surface area contributed by atoms with Crippen molar-refractivity contribution in [3.63, 3.8) is 0 Å². The first-order valence-electron chi connectivity index (χ1n) is 4.85. The number of hydrogen-bond donors (Lipinski definition) is 3. The Balaban J connectivity index is 2.91. The number of aliphatic carboxylic acids is 1. The molecule has 1 aromatic carbocycles. The molecule has 0 heterocycles. The number of carboxylic acid groups (broad SMARTS) is 1. The van der Waals surface area contributed by atoms with Gasteiger partial charge in [0.2, 0.25) is 0 Å². The van der Waals surface area contributed by atoms with Gasteiger partial charge in [0.1, 0.15) is 5.54 Å². The highest BCUT2D eigenvalue weighted by atomic mass is 35.5. The van der Waals surface area contributed by atoms with E-state index in [1.165, 1.54) is 32.0 Å². The minimum absolute atomic E-state index is 0.255. The number of carbonyl (C=O) groups is 2. The number of carbonyl (C=O) groups excluding carboxylic acids is 1. The number of anilines is 1. The van der Waals surface area contributed by atoms with Crippen molar-refractivity contribution in [2.45, 2.75) is 19.4 Å². The molecule has 0 spiro atoms. The zero-order valence-corrected chi connectivity index (χ0v) is 10.2. The van der Waals surface area contributed by atoms with Crippen LogP contribution in [0.1, 0.15) is 24.2 Å². The van der Waals surface area contributed by atoms with Gasteiger partial charge in [-0.25, -0.2) is 4.79 Å². The van der Waals surface area contributed by atoms with Gasteiger partial charge in [-0.1, -0.05) is 11.6 Å². The monoisotopic (exact) mass is 256 g/mol. The number of nitrogen functional groups attached to an aromatic ring is 1. The van der Waals surface area contributed by atoms with E-state index in [0.717, 1.165) is 0 Å². The molecule has 1 aromatic rings. The average Bonchev–Trinajstić information content (AvgIpc) is 2.21. The predicted octanol–water partition coefficient (Wildman–Crippen LogP) is 1.52. The lowest BCUT2D eigenvalue weighted by Crippen LogP contribution is -2.49. The zero-order chi connectivity index (χ0) is 13.2. The van der Waals surface area contributed by atoms with Crippen LogP contribution in [0.25, 0.3) is 0 Å². The van der Waals surface area contributed by atoms with Crippen LogP contribution in [0.5, 0.6) is 0 Å². The molecular weight excluding hydrogens is 244 g/mol. The second-order valence-corrected chi connectivity index (χ2v) is 4.53. The Morgan fingerprint density at radius 2 is 2.00 bits per heavy atom. The summed E-state index contributed by atoms with van der Waals surface area (Å²) >= 11 is 5.77. The van der Waals surface area contributed by atoms with Crippen LogP contribution in [-0.2, 0) is 4.79 Å². The summed E-state index contributed by atoms with van der Waals surface area (Å²) in [7, 11) is 0. The fourth-order valence-corrected chi connectivity index (χ4v) is 1.26. The fraction of sp³-hybridized carbons (Fsp3) is 0.273. The zero-order valence-electron chi connectivity index (χ0n) is 9.45. The number of nitrogens with two attached hydrogens (primary N) is 1. The lowest BCUT2D eigenvalue weighted by atomic mass is 10.1. The van der Waals surface area contributed by atoms with Gasteiger partial charge in [0.05, 0.1) is 10.7 Å². The Kier molecular flexibility index (Phi) is 3.63. The van der Waals surface area contributed by atoms with Crippen LogP contribution in [0.2, 0.25) is 5.02 Å². The molecule has 0 aliphatic carbocycles. The van der Waals surface area contributed by atoms with Crippen molar-refractivity contribution in [2.24, 2.45) is 0 Å². The summed E-state index contributed by atoms with van der Waals surface area (Å²) in [5.41, 5.74) is 4.79. The normalized spacial score (nSPS) is 11.0. The predicted molar refractivity (Wildman–Crippen MR) is 65.0 cm³/mol. The molecule has 1 amide bonds. The van der Waals surface area contributed by atoms with E-state index < -0.39 is 17.4 Å². The van der Waals surface area contributed by atoms with E-state index in [9.17, 15) is 9.59 Å². The lowest BCUT2D eigenvalue weighted by Gasteiger charge is -2.21. The molecule has 0 atom stereocenters. The molecule has 1 rings (SSSR count). The molecule has 0 aromatic heterocycles. The van der Waals surface area contributed by atoms with Crippen molar-refractivity contribution >= 4 is 29.2 Å². The molecule has 0 saturated carbocycles. The van der Waals surface area contributed by atoms with E-state index in [0.29, 0.717) is 5.69 Å². The third-order valence-corrected chi connectivity index (χ3v) is 2.55. The van der Waals surface area contributed by atoms with Gasteiger partial charge in [-0.15, -0.1) is 0 Å². The summed E-state index contributed by atoms with van der Waals surface area (Å²) in [6.07, 6.45) is 0. The number of benzene rings is 1. The summed E-state index contributed by atoms with van der Waals surface area (Å²) in [6.45, 7) is 2.79. The SMILES string of the molecule is CC(C)(NC(=O)c1ccc(N)c(Cl)c1)C(=O)O. The Labute approximate surface area is 104 Å². The third-order valence-electron chi connectivity index (χ3n) is 2.22. The van der Waals surface area contributed by atoms with Crippen molar-refractivity contribution in [2.75, 3.05) is 5.73 Å². The van der Waals surface area contributed by atoms with Gasteiger partial charge in [0.25, 0.3) is 5.91 Å². The standard InChI is InChI=1S/C11H13ClN2O3/c1-11(2,10(16)17)14-9(15)6-3-4-8(13)7(12)5-6/h3-5H,13H2,1-2H3,(H,14,15)(H,16,17). The molecule has 0 aliphatic rings. The summed E-state index contributed by atoms with van der Waals surface area (Å²) in [5.74, 6) is -1.63. The average molecular weight is 257 g/mol. The fourth-order valence-electron chi connectivity index (χ4n) is 1.08. The number of carboxylic acids is 1. The summed E-state index contributed by atoms with van der Waals surface area (Å²) in [4.78, 5) is 22.6. The number of amides is 1. The van der Waals surface area contributed by atoms with E-state index in [4.69, 9.17) is 22.4 Å². The smallest absolute Gasteiger partial charge is 0.328 e. The first-order chi connectivity index (χ1) is 7.74. The molecule has 5 nitrogen and oxygen atoms in total. The lowest BCUT2D eigenvalue weighted by molar-refractivity contribution is -0.143. The van der Waals surface area contributed by atoms with Crippen LogP contribution in [0.15, 0.2) is 18.2 Å². The number of hydrogen-bond acceptors (Lipinski definition) is 3. The molecule has 92 valence electrons. The molecule has 17 heavy (non-hydrogen) atoms. The summed E-state index contributed by atoms with van der Waals surface area (Å²) in [6, 6.07) is 4.36. The molecular formula is C11H13ClN2O3. The third kappa shape index (κ3) is 3.10. The maximum atomic E-state index is 11.8. The largest absolute Gasteiger partial charge is 0.480 e. The Hall–Kier alpha value is -1.75. The molecule has 0 unspecified atom stereocenters. The van der Waals surface area contributed by atoms with Crippen LogP contribution in [0, 0.1) is 0 Å². The highest BCUT2D eigenvalue weighted by Crippen LogP contribution is 2.20. The van der Waals surface area contributed by atoms with E-state index in [2.05, 4.69) is 5.32 Å². The van der Waals surface area contributed by atoms with Crippen molar-refractivity contribution in [1.29, 1.82) is 0 Å². The second kappa shape index (κ2) is 4.63. The Morgan fingerprint density at radius 3 is 2.47 bits per heavy atom. The molecule has 0 fully saturated rings. The summed E-state index contributed by atoms with van der Waals surface area (Å²) in [5, 5.41) is 11.5. The van der Waals surface area contributed by atoms with Gasteiger partial charge >= 0.3 is 5.97 Å². The van der Waals surface area contributed by atoms with Crippen molar-refractivity contribution in [1.82, 2.24) is 5.32 Å². The van der Waals surface area contributed by atoms with Gasteiger partial charge in [-0.2, -0.15) is 0 Å². The molecule has 0 bridgehead atoms. The van der Waals surface area contributed by atoms with Crippen LogP contribution in [0.4, 0.5) is 5.69 Å². The minimum Gasteiger partial charge on any atom is -0.480 e. The van der Waals surface area contributed by atoms with Crippen molar-refractivity contribution in [3.8, 4) is 0 Å². The van der Waals surface area contributed by atoms with E-state index in [1.807, 2.05) is 0 Å². The van der Waals surface area contributed by atoms with Crippen LogP contribution in [-0.4, -0.2) is 22.5 Å².